The van der Waals surface area contributed by atoms with Crippen LogP contribution >= 0.6 is 31.9 Å². The molecule has 0 aliphatic carbocycles. The molecule has 1 atom stereocenters. The predicted molar refractivity (Wildman–Crippen MR) is 279 cm³/mol. The lowest BCUT2D eigenvalue weighted by Crippen LogP contribution is -2.46. The number of fused-ring (bicyclic) bond motifs is 2. The summed E-state index contributed by atoms with van der Waals surface area (Å²) in [5, 5.41) is 16.8. The molecule has 2 aromatic carbocycles. The number of hydrogen-bond acceptors (Lipinski definition) is 13. The molecule has 0 saturated heterocycles. The highest BCUT2D eigenvalue weighted by atomic mass is 79.9. The van der Waals surface area contributed by atoms with Crippen LogP contribution in [-0.2, 0) is 41.8 Å². The number of hydrogen-bond donors (Lipinski definition) is 3. The fraction of sp³-hybridized carbons (Fsp3) is 0.585. The molecule has 0 aliphatic rings. The maximum absolute atomic E-state index is 12.6. The number of rotatable bonds is 33. The van der Waals surface area contributed by atoms with Gasteiger partial charge in [-0.3, -0.25) is 9.59 Å². The standard InChI is InChI=1S/C53H73Br2N3O13/c1-37-27-46-41(30-43(37)54)38(28-50(62)70-46)34-66-48(60)23-19-15-12-8-6-10-14-18-22-26-57-53(65)69-40(33-58(2,3)4)36-68-52(64)56-25-21-17-13-9-5-7-11-16-20-24-49(61)67-35-39-29-51(63)71-47-32-45(59)44(55)31-42(39)47/h27-32,40H,5-26,33-36H2,1-4H3,(H2-,56,57,59,63,64,65)/p+1. The Hall–Kier alpha value is -4.94. The Morgan fingerprint density at radius 3 is 1.48 bits per heavy atom. The number of benzene rings is 2. The van der Waals surface area contributed by atoms with Crippen LogP contribution in [0.3, 0.4) is 0 Å². The van der Waals surface area contributed by atoms with Crippen molar-refractivity contribution in [3.63, 3.8) is 0 Å². The number of alkyl carbamates (subject to hydrolysis) is 2. The van der Waals surface area contributed by atoms with Gasteiger partial charge in [-0.2, -0.15) is 0 Å². The first-order chi connectivity index (χ1) is 34.0. The number of esters is 2. The van der Waals surface area contributed by atoms with Crippen molar-refractivity contribution in [1.29, 1.82) is 0 Å². The zero-order chi connectivity index (χ0) is 51.6. The molecule has 2 heterocycles. The SMILES string of the molecule is Cc1cc2oc(=O)cc(COC(=O)CCCCCCCCCCCNC(=O)OC(COC(=O)NCCCCCCCCCCCC(=O)OCc3cc(=O)oc4cc(O)c(Br)cc34)C[N+](C)(C)C)c2cc1Br. The van der Waals surface area contributed by atoms with E-state index in [1.54, 1.807) is 12.1 Å². The van der Waals surface area contributed by atoms with Crippen molar-refractivity contribution < 1.29 is 56.5 Å². The first-order valence-corrected chi connectivity index (χ1v) is 26.7. The van der Waals surface area contributed by atoms with E-state index >= 15 is 0 Å². The molecular formula is C53H74Br2N3O13+. The van der Waals surface area contributed by atoms with Gasteiger partial charge in [-0.15, -0.1) is 0 Å². The second-order valence-electron chi connectivity index (χ2n) is 19.2. The van der Waals surface area contributed by atoms with Gasteiger partial charge in [0.15, 0.2) is 6.10 Å². The molecule has 0 radical (unpaired) electrons. The number of aryl methyl sites for hydroxylation is 1. The van der Waals surface area contributed by atoms with Gasteiger partial charge in [-0.25, -0.2) is 19.2 Å². The van der Waals surface area contributed by atoms with Crippen LogP contribution in [0, 0.1) is 6.92 Å². The van der Waals surface area contributed by atoms with E-state index in [-0.39, 0.29) is 43.1 Å². The maximum Gasteiger partial charge on any atom is 0.407 e. The first kappa shape index (κ1) is 58.6. The Balaban J connectivity index is 0.929. The molecule has 16 nitrogen and oxygen atoms in total. The van der Waals surface area contributed by atoms with Gasteiger partial charge in [-0.05, 0) is 72.3 Å². The fourth-order valence-electron chi connectivity index (χ4n) is 8.08. The molecule has 0 spiro atoms. The number of nitrogens with zero attached hydrogens (tertiary/aromatic N) is 1. The molecule has 0 aliphatic heterocycles. The summed E-state index contributed by atoms with van der Waals surface area (Å²) < 4.78 is 34.3. The minimum absolute atomic E-state index is 0.0250. The molecular weight excluding hydrogens is 1050 g/mol. The van der Waals surface area contributed by atoms with Gasteiger partial charge in [0, 0.05) is 70.5 Å². The van der Waals surface area contributed by atoms with E-state index in [1.807, 2.05) is 34.1 Å². The Labute approximate surface area is 433 Å². The summed E-state index contributed by atoms with van der Waals surface area (Å²) in [5.41, 5.74) is 1.72. The Morgan fingerprint density at radius 2 is 1.00 bits per heavy atom. The first-order valence-electron chi connectivity index (χ1n) is 25.1. The minimum Gasteiger partial charge on any atom is -0.507 e. The van der Waals surface area contributed by atoms with Crippen molar-refractivity contribution in [3.05, 3.63) is 82.9 Å². The van der Waals surface area contributed by atoms with E-state index < -0.39 is 29.5 Å². The van der Waals surface area contributed by atoms with Crippen molar-refractivity contribution in [1.82, 2.24) is 10.6 Å². The summed E-state index contributed by atoms with van der Waals surface area (Å²) in [6, 6.07) is 9.31. The van der Waals surface area contributed by atoms with Crippen LogP contribution in [0.25, 0.3) is 21.9 Å². The quantitative estimate of drug-likeness (QED) is 0.0133. The number of amides is 2. The molecule has 2 aromatic heterocycles. The lowest BCUT2D eigenvalue weighted by Gasteiger charge is -2.28. The Bertz CT molecular complexity index is 2450. The average Bonchev–Trinajstić information content (AvgIpc) is 3.30. The van der Waals surface area contributed by atoms with Crippen molar-refractivity contribution in [2.45, 2.75) is 155 Å². The summed E-state index contributed by atoms with van der Waals surface area (Å²) in [6.07, 6.45) is 16.8. The van der Waals surface area contributed by atoms with Crippen molar-refractivity contribution in [2.75, 3.05) is 47.4 Å². The second kappa shape index (κ2) is 31.5. The number of aromatic hydroxyl groups is 1. The largest absolute Gasteiger partial charge is 0.507 e. The zero-order valence-corrected chi connectivity index (χ0v) is 45.1. The van der Waals surface area contributed by atoms with Crippen molar-refractivity contribution in [3.8, 4) is 5.75 Å². The zero-order valence-electron chi connectivity index (χ0n) is 42.0. The van der Waals surface area contributed by atoms with Gasteiger partial charge >= 0.3 is 35.4 Å². The maximum atomic E-state index is 12.6. The highest BCUT2D eigenvalue weighted by Crippen LogP contribution is 2.31. The molecule has 0 fully saturated rings. The normalized spacial score (nSPS) is 11.9. The molecule has 3 N–H and O–H groups in total. The fourth-order valence-corrected chi connectivity index (χ4v) is 8.76. The summed E-state index contributed by atoms with van der Waals surface area (Å²) in [6.45, 7) is 3.32. The molecule has 1 unspecified atom stereocenters. The number of unbranched alkanes of at least 4 members (excludes halogenated alkanes) is 16. The third kappa shape index (κ3) is 23.4. The van der Waals surface area contributed by atoms with Gasteiger partial charge in [0.05, 0.1) is 25.6 Å². The van der Waals surface area contributed by atoms with Gasteiger partial charge in [0.1, 0.15) is 43.3 Å². The van der Waals surface area contributed by atoms with Crippen molar-refractivity contribution in [2.24, 2.45) is 0 Å². The topological polar surface area (TPSA) is 210 Å². The highest BCUT2D eigenvalue weighted by Gasteiger charge is 2.24. The van der Waals surface area contributed by atoms with Crippen LogP contribution in [0.15, 0.2) is 63.8 Å². The summed E-state index contributed by atoms with van der Waals surface area (Å²) in [5.74, 6) is -0.658. The smallest absolute Gasteiger partial charge is 0.407 e. The number of carbonyl (C=O) groups is 4. The van der Waals surface area contributed by atoms with E-state index in [4.69, 9.17) is 27.8 Å². The summed E-state index contributed by atoms with van der Waals surface area (Å²) in [4.78, 5) is 73.7. The molecule has 4 rings (SSSR count). The number of nitrogens with one attached hydrogen (secondary N) is 2. The van der Waals surface area contributed by atoms with Gasteiger partial charge < -0.3 is 48.0 Å². The van der Waals surface area contributed by atoms with E-state index in [0.717, 1.165) is 131 Å². The molecule has 392 valence electrons. The third-order valence-electron chi connectivity index (χ3n) is 11.9. The van der Waals surface area contributed by atoms with Gasteiger partial charge in [0.2, 0.25) is 0 Å². The number of ether oxygens (including phenoxy) is 4. The minimum atomic E-state index is -0.597. The van der Waals surface area contributed by atoms with Crippen LogP contribution in [0.1, 0.15) is 145 Å². The summed E-state index contributed by atoms with van der Waals surface area (Å²) in [7, 11) is 5.95. The van der Waals surface area contributed by atoms with E-state index in [1.165, 1.54) is 18.2 Å². The van der Waals surface area contributed by atoms with Gasteiger partial charge in [-0.1, -0.05) is 106 Å². The average molecular weight is 1120 g/mol. The number of carbonyl (C=O) groups excluding carboxylic acids is 4. The van der Waals surface area contributed by atoms with E-state index in [0.29, 0.717) is 63.5 Å². The lowest BCUT2D eigenvalue weighted by atomic mass is 10.1. The molecule has 2 amide bonds. The van der Waals surface area contributed by atoms with Crippen LogP contribution in [0.2, 0.25) is 0 Å². The van der Waals surface area contributed by atoms with Crippen LogP contribution in [0.5, 0.6) is 5.75 Å². The van der Waals surface area contributed by atoms with Crippen molar-refractivity contribution >= 4 is 77.9 Å². The lowest BCUT2D eigenvalue weighted by molar-refractivity contribution is -0.873. The predicted octanol–water partition coefficient (Wildman–Crippen LogP) is 11.6. The monoisotopic (exact) mass is 1120 g/mol. The summed E-state index contributed by atoms with van der Waals surface area (Å²) >= 11 is 6.77. The van der Waals surface area contributed by atoms with Crippen LogP contribution in [-0.4, -0.2) is 87.2 Å². The van der Waals surface area contributed by atoms with Crippen LogP contribution < -0.4 is 21.9 Å². The highest BCUT2D eigenvalue weighted by molar-refractivity contribution is 9.10. The molecule has 0 bridgehead atoms. The van der Waals surface area contributed by atoms with Crippen LogP contribution in [0.4, 0.5) is 9.59 Å². The Morgan fingerprint density at radius 1 is 0.577 bits per heavy atom. The van der Waals surface area contributed by atoms with Gasteiger partial charge in [0.25, 0.3) is 0 Å². The number of likely N-dealkylation sites (N-methyl/N-ethyl adjacent to an activating group) is 1. The number of halogens is 2. The molecule has 4 aromatic rings. The number of phenols is 1. The van der Waals surface area contributed by atoms with E-state index in [2.05, 4.69) is 42.5 Å². The molecule has 71 heavy (non-hydrogen) atoms. The molecule has 18 heteroatoms. The Kier molecular flexibility index (Phi) is 26.0. The van der Waals surface area contributed by atoms with E-state index in [9.17, 15) is 33.9 Å². The third-order valence-corrected chi connectivity index (χ3v) is 13.4. The molecule has 0 saturated carbocycles. The number of quaternary nitrogens is 1. The number of phenolic OH excluding ortho intramolecular Hbond substituents is 1. The second-order valence-corrected chi connectivity index (χ2v) is 20.9.